The van der Waals surface area contributed by atoms with Crippen molar-refractivity contribution in [3.63, 3.8) is 0 Å². The standard InChI is InChI=1S/C20H24N6O/c1-4-27-16-11-26(12-16)15-8-18-17(21-10-15)5-6-19(23-18)24-20-7-14(13(2)3)9-22-25-20/h5-10,13,16H,4,11-12H2,1-3H3,(H,23,24,25). The molecular weight excluding hydrogens is 340 g/mol. The van der Waals surface area contributed by atoms with Crippen molar-refractivity contribution in [1.82, 2.24) is 20.2 Å². The van der Waals surface area contributed by atoms with E-state index in [1.165, 1.54) is 0 Å². The molecule has 1 N–H and O–H groups in total. The highest BCUT2D eigenvalue weighted by Crippen LogP contribution is 2.26. The predicted molar refractivity (Wildman–Crippen MR) is 107 cm³/mol. The smallest absolute Gasteiger partial charge is 0.154 e. The van der Waals surface area contributed by atoms with Crippen molar-refractivity contribution in [1.29, 1.82) is 0 Å². The molecule has 1 fully saturated rings. The lowest BCUT2D eigenvalue weighted by atomic mass is 10.1. The van der Waals surface area contributed by atoms with Gasteiger partial charge >= 0.3 is 0 Å². The van der Waals surface area contributed by atoms with Crippen LogP contribution in [0.2, 0.25) is 0 Å². The number of nitrogens with one attached hydrogen (secondary N) is 1. The van der Waals surface area contributed by atoms with Crippen LogP contribution in [0.1, 0.15) is 32.3 Å². The Morgan fingerprint density at radius 2 is 2.00 bits per heavy atom. The van der Waals surface area contributed by atoms with Crippen LogP contribution in [0, 0.1) is 0 Å². The number of aromatic nitrogens is 4. The second kappa shape index (κ2) is 7.44. The van der Waals surface area contributed by atoms with Crippen LogP contribution in [0.15, 0.2) is 36.7 Å². The first-order valence-electron chi connectivity index (χ1n) is 9.35. The normalized spacial score (nSPS) is 14.6. The molecule has 4 rings (SSSR count). The molecule has 0 atom stereocenters. The molecule has 0 saturated carbocycles. The fourth-order valence-electron chi connectivity index (χ4n) is 3.12. The van der Waals surface area contributed by atoms with Crippen LogP contribution in [-0.2, 0) is 4.74 Å². The summed E-state index contributed by atoms with van der Waals surface area (Å²) in [6.45, 7) is 8.85. The minimum atomic E-state index is 0.318. The van der Waals surface area contributed by atoms with Gasteiger partial charge in [-0.1, -0.05) is 13.8 Å². The lowest BCUT2D eigenvalue weighted by Crippen LogP contribution is -2.52. The van der Waals surface area contributed by atoms with E-state index >= 15 is 0 Å². The van der Waals surface area contributed by atoms with Crippen molar-refractivity contribution in [3.8, 4) is 0 Å². The van der Waals surface area contributed by atoms with Gasteiger partial charge in [-0.05, 0) is 42.7 Å². The summed E-state index contributed by atoms with van der Waals surface area (Å²) in [5.41, 5.74) is 3.93. The summed E-state index contributed by atoms with van der Waals surface area (Å²) < 4.78 is 5.63. The van der Waals surface area contributed by atoms with E-state index in [2.05, 4.69) is 45.3 Å². The third-order valence-electron chi connectivity index (χ3n) is 4.74. The van der Waals surface area contributed by atoms with Crippen LogP contribution in [0.4, 0.5) is 17.3 Å². The number of hydrogen-bond donors (Lipinski definition) is 1. The quantitative estimate of drug-likeness (QED) is 0.717. The second-order valence-corrected chi connectivity index (χ2v) is 7.06. The highest BCUT2D eigenvalue weighted by Gasteiger charge is 2.27. The minimum absolute atomic E-state index is 0.318. The summed E-state index contributed by atoms with van der Waals surface area (Å²) in [7, 11) is 0. The Balaban J connectivity index is 1.54. The maximum Gasteiger partial charge on any atom is 0.154 e. The SMILES string of the molecule is CCOC1CN(c2cnc3ccc(Nc4cc(C(C)C)cnn4)nc3c2)C1. The van der Waals surface area contributed by atoms with E-state index in [1.807, 2.05) is 31.3 Å². The van der Waals surface area contributed by atoms with Gasteiger partial charge in [-0.15, -0.1) is 5.10 Å². The average Bonchev–Trinajstić information content (AvgIpc) is 2.64. The number of fused-ring (bicyclic) bond motifs is 1. The number of pyridine rings is 2. The molecule has 4 heterocycles. The second-order valence-electron chi connectivity index (χ2n) is 7.06. The predicted octanol–water partition coefficient (Wildman–Crippen LogP) is 3.51. The molecule has 0 aliphatic carbocycles. The third kappa shape index (κ3) is 3.83. The highest BCUT2D eigenvalue weighted by atomic mass is 16.5. The lowest BCUT2D eigenvalue weighted by Gasteiger charge is -2.40. The molecule has 1 aliphatic rings. The van der Waals surface area contributed by atoms with Crippen molar-refractivity contribution in [2.75, 3.05) is 29.9 Å². The van der Waals surface area contributed by atoms with Gasteiger partial charge in [0, 0.05) is 19.7 Å². The Kier molecular flexibility index (Phi) is 4.85. The number of anilines is 3. The van der Waals surface area contributed by atoms with Crippen LogP contribution in [0.5, 0.6) is 0 Å². The molecule has 1 saturated heterocycles. The summed E-state index contributed by atoms with van der Waals surface area (Å²) >= 11 is 0. The molecule has 140 valence electrons. The van der Waals surface area contributed by atoms with E-state index in [-0.39, 0.29) is 0 Å². The molecule has 7 heteroatoms. The number of hydrogen-bond acceptors (Lipinski definition) is 7. The van der Waals surface area contributed by atoms with E-state index in [4.69, 9.17) is 9.72 Å². The first-order valence-corrected chi connectivity index (χ1v) is 9.35. The minimum Gasteiger partial charge on any atom is -0.375 e. The summed E-state index contributed by atoms with van der Waals surface area (Å²) in [6, 6.07) is 7.96. The van der Waals surface area contributed by atoms with Crippen LogP contribution < -0.4 is 10.2 Å². The summed E-state index contributed by atoms with van der Waals surface area (Å²) in [6.07, 6.45) is 4.01. The van der Waals surface area contributed by atoms with E-state index in [1.54, 1.807) is 6.20 Å². The molecule has 0 bridgehead atoms. The lowest BCUT2D eigenvalue weighted by molar-refractivity contribution is 0.0430. The van der Waals surface area contributed by atoms with Gasteiger partial charge in [-0.3, -0.25) is 4.98 Å². The molecule has 0 amide bonds. The van der Waals surface area contributed by atoms with E-state index in [0.717, 1.165) is 47.8 Å². The van der Waals surface area contributed by atoms with E-state index < -0.39 is 0 Å². The monoisotopic (exact) mass is 364 g/mol. The number of rotatable bonds is 6. The highest BCUT2D eigenvalue weighted by molar-refractivity contribution is 5.80. The number of nitrogens with zero attached hydrogens (tertiary/aromatic N) is 5. The molecule has 0 aromatic carbocycles. The van der Waals surface area contributed by atoms with Gasteiger partial charge in [0.2, 0.25) is 0 Å². The largest absolute Gasteiger partial charge is 0.375 e. The Hall–Kier alpha value is -2.80. The van der Waals surface area contributed by atoms with E-state index in [0.29, 0.717) is 17.8 Å². The van der Waals surface area contributed by atoms with Crippen LogP contribution in [-0.4, -0.2) is 46.0 Å². The molecule has 1 aliphatic heterocycles. The maximum absolute atomic E-state index is 5.63. The summed E-state index contributed by atoms with van der Waals surface area (Å²) in [4.78, 5) is 11.5. The van der Waals surface area contributed by atoms with Gasteiger partial charge < -0.3 is 15.0 Å². The molecule has 7 nitrogen and oxygen atoms in total. The average molecular weight is 364 g/mol. The van der Waals surface area contributed by atoms with Gasteiger partial charge in [0.1, 0.15) is 5.82 Å². The fourth-order valence-corrected chi connectivity index (χ4v) is 3.12. The van der Waals surface area contributed by atoms with E-state index in [9.17, 15) is 0 Å². The van der Waals surface area contributed by atoms with Gasteiger partial charge in [0.05, 0.1) is 35.2 Å². The summed E-state index contributed by atoms with van der Waals surface area (Å²) in [5, 5.41) is 11.5. The van der Waals surface area contributed by atoms with Crippen molar-refractivity contribution in [2.45, 2.75) is 32.8 Å². The van der Waals surface area contributed by atoms with Gasteiger partial charge in [-0.2, -0.15) is 5.10 Å². The Bertz CT molecular complexity index is 939. The van der Waals surface area contributed by atoms with Gasteiger partial charge in [0.25, 0.3) is 0 Å². The number of ether oxygens (including phenoxy) is 1. The Labute approximate surface area is 158 Å². The topological polar surface area (TPSA) is 76.1 Å². The zero-order chi connectivity index (χ0) is 18.8. The molecule has 0 spiro atoms. The summed E-state index contributed by atoms with van der Waals surface area (Å²) in [5.74, 6) is 1.82. The van der Waals surface area contributed by atoms with Gasteiger partial charge in [0.15, 0.2) is 5.82 Å². The molecule has 0 radical (unpaired) electrons. The van der Waals surface area contributed by atoms with Crippen molar-refractivity contribution < 1.29 is 4.74 Å². The first kappa shape index (κ1) is 17.6. The Morgan fingerprint density at radius 1 is 1.15 bits per heavy atom. The van der Waals surface area contributed by atoms with Crippen LogP contribution >= 0.6 is 0 Å². The molecule has 27 heavy (non-hydrogen) atoms. The Morgan fingerprint density at radius 3 is 2.78 bits per heavy atom. The molecule has 3 aromatic heterocycles. The van der Waals surface area contributed by atoms with Crippen LogP contribution in [0.25, 0.3) is 11.0 Å². The maximum atomic E-state index is 5.63. The van der Waals surface area contributed by atoms with Crippen LogP contribution in [0.3, 0.4) is 0 Å². The van der Waals surface area contributed by atoms with Crippen molar-refractivity contribution in [3.05, 3.63) is 42.2 Å². The zero-order valence-corrected chi connectivity index (χ0v) is 15.9. The molecule has 3 aromatic rings. The molecular formula is C20H24N6O. The molecule has 0 unspecified atom stereocenters. The van der Waals surface area contributed by atoms with Gasteiger partial charge in [-0.25, -0.2) is 4.98 Å². The first-order chi connectivity index (χ1) is 13.1. The fraction of sp³-hybridized carbons (Fsp3) is 0.400. The van der Waals surface area contributed by atoms with Crippen molar-refractivity contribution >= 4 is 28.4 Å². The van der Waals surface area contributed by atoms with Crippen molar-refractivity contribution in [2.24, 2.45) is 0 Å². The zero-order valence-electron chi connectivity index (χ0n) is 15.9. The third-order valence-corrected chi connectivity index (χ3v) is 4.74.